The van der Waals surface area contributed by atoms with Crippen LogP contribution in [0.25, 0.3) is 0 Å². The Balaban J connectivity index is 1.67. The summed E-state index contributed by atoms with van der Waals surface area (Å²) in [4.78, 5) is -0.326. The summed E-state index contributed by atoms with van der Waals surface area (Å²) in [5.74, 6) is 0.274. The van der Waals surface area contributed by atoms with Gasteiger partial charge in [0.05, 0.1) is 4.90 Å². The molecule has 0 aliphatic heterocycles. The van der Waals surface area contributed by atoms with Gasteiger partial charge in [0.2, 0.25) is 0 Å². The average Bonchev–Trinajstić information content (AvgIpc) is 2.74. The molecule has 0 unspecified atom stereocenters. The number of ether oxygens (including phenoxy) is 1. The van der Waals surface area contributed by atoms with Gasteiger partial charge >= 0.3 is 0 Å². The predicted octanol–water partition coefficient (Wildman–Crippen LogP) is 7.28. The second-order valence-electron chi connectivity index (χ2n) is 8.14. The Bertz CT molecular complexity index is 875. The number of aryl methyl sites for hydroxylation is 1. The van der Waals surface area contributed by atoms with Crippen LogP contribution in [-0.4, -0.2) is 18.1 Å². The minimum Gasteiger partial charge on any atom is -0.504 e. The van der Waals surface area contributed by atoms with E-state index >= 15 is 0 Å². The molecule has 172 valence electrons. The van der Waals surface area contributed by atoms with Crippen LogP contribution < -0.4 is 4.74 Å². The summed E-state index contributed by atoms with van der Waals surface area (Å²) >= 11 is 0. The number of phenolic OH excluding ortho intramolecular Hbond substituents is 1. The van der Waals surface area contributed by atoms with Crippen molar-refractivity contribution in [2.75, 3.05) is 0 Å². The van der Waals surface area contributed by atoms with Crippen LogP contribution in [0, 0.1) is 0 Å². The molecule has 0 spiro atoms. The summed E-state index contributed by atoms with van der Waals surface area (Å²) in [6, 6.07) is 11.0. The lowest BCUT2D eigenvalue weighted by molar-refractivity contribution is 0.409. The van der Waals surface area contributed by atoms with Crippen LogP contribution >= 0.6 is 0 Å². The van der Waals surface area contributed by atoms with Crippen molar-refractivity contribution >= 4 is 10.1 Å². The molecule has 0 atom stereocenters. The Morgan fingerprint density at radius 2 is 1.32 bits per heavy atom. The zero-order chi connectivity index (χ0) is 22.5. The lowest BCUT2D eigenvalue weighted by Crippen LogP contribution is -1.98. The summed E-state index contributed by atoms with van der Waals surface area (Å²) in [5.41, 5.74) is 1.22. The third kappa shape index (κ3) is 9.74. The van der Waals surface area contributed by atoms with Gasteiger partial charge in [0.25, 0.3) is 10.1 Å². The Morgan fingerprint density at radius 1 is 0.774 bits per heavy atom. The molecule has 5 nitrogen and oxygen atoms in total. The van der Waals surface area contributed by atoms with E-state index in [1.165, 1.54) is 75.8 Å². The van der Waals surface area contributed by atoms with E-state index in [0.29, 0.717) is 5.75 Å². The Kier molecular flexibility index (Phi) is 10.9. The molecule has 0 bridgehead atoms. The quantitative estimate of drug-likeness (QED) is 0.221. The number of unbranched alkanes of at least 4 members (excludes halogenated alkanes) is 10. The van der Waals surface area contributed by atoms with Crippen LogP contribution in [0.15, 0.2) is 47.4 Å². The lowest BCUT2D eigenvalue weighted by Gasteiger charge is -2.09. The summed E-state index contributed by atoms with van der Waals surface area (Å²) in [7, 11) is -4.36. The fraction of sp³-hybridized carbons (Fsp3) is 0.520. The molecule has 0 aliphatic rings. The van der Waals surface area contributed by atoms with Gasteiger partial charge in [-0.05, 0) is 42.7 Å². The van der Waals surface area contributed by atoms with Crippen LogP contribution in [0.1, 0.15) is 83.1 Å². The van der Waals surface area contributed by atoms with Crippen molar-refractivity contribution < 1.29 is 22.8 Å². The van der Waals surface area contributed by atoms with Crippen molar-refractivity contribution in [3.05, 3.63) is 48.0 Å². The molecule has 0 aliphatic carbocycles. The van der Waals surface area contributed by atoms with Gasteiger partial charge in [-0.3, -0.25) is 4.55 Å². The minimum atomic E-state index is -4.36. The van der Waals surface area contributed by atoms with Crippen molar-refractivity contribution in [2.24, 2.45) is 0 Å². The molecule has 2 N–H and O–H groups in total. The van der Waals surface area contributed by atoms with Crippen molar-refractivity contribution in [1.82, 2.24) is 0 Å². The standard InChI is InChI=1S/C25H36O5S/c1-2-3-4-5-6-7-8-9-10-11-12-13-21-14-16-22(17-15-21)30-25-20-23(31(27,28)29)18-19-24(25)26/h14-20,26H,2-13H2,1H3,(H,27,28,29). The zero-order valence-electron chi connectivity index (χ0n) is 18.6. The number of aromatic hydroxyl groups is 1. The zero-order valence-corrected chi connectivity index (χ0v) is 19.4. The second kappa shape index (κ2) is 13.4. The molecule has 0 heterocycles. The van der Waals surface area contributed by atoms with Crippen LogP contribution in [0.5, 0.6) is 17.2 Å². The first-order chi connectivity index (χ1) is 14.9. The molecule has 31 heavy (non-hydrogen) atoms. The monoisotopic (exact) mass is 448 g/mol. The summed E-state index contributed by atoms with van der Waals surface area (Å²) < 4.78 is 37.2. The number of hydrogen-bond acceptors (Lipinski definition) is 4. The molecular weight excluding hydrogens is 412 g/mol. The highest BCUT2D eigenvalue weighted by Crippen LogP contribution is 2.33. The maximum Gasteiger partial charge on any atom is 0.294 e. The molecule has 0 aromatic heterocycles. The molecule has 2 rings (SSSR count). The van der Waals surface area contributed by atoms with Crippen LogP contribution in [0.4, 0.5) is 0 Å². The van der Waals surface area contributed by atoms with Crippen LogP contribution in [0.2, 0.25) is 0 Å². The van der Waals surface area contributed by atoms with Crippen molar-refractivity contribution in [1.29, 1.82) is 0 Å². The van der Waals surface area contributed by atoms with Crippen molar-refractivity contribution in [3.63, 3.8) is 0 Å². The molecular formula is C25H36O5S. The van der Waals surface area contributed by atoms with E-state index in [-0.39, 0.29) is 16.4 Å². The van der Waals surface area contributed by atoms with Gasteiger partial charge in [-0.25, -0.2) is 0 Å². The molecule has 0 saturated heterocycles. The van der Waals surface area contributed by atoms with E-state index in [1.807, 2.05) is 12.1 Å². The van der Waals surface area contributed by atoms with Crippen molar-refractivity contribution in [2.45, 2.75) is 88.9 Å². The van der Waals surface area contributed by atoms with Gasteiger partial charge in [0.1, 0.15) is 5.75 Å². The number of rotatable bonds is 15. The summed E-state index contributed by atoms with van der Waals surface area (Å²) in [5, 5.41) is 9.88. The number of benzene rings is 2. The molecule has 0 saturated carbocycles. The summed E-state index contributed by atoms with van der Waals surface area (Å²) in [6.45, 7) is 2.25. The third-order valence-electron chi connectivity index (χ3n) is 5.45. The Morgan fingerprint density at radius 3 is 1.87 bits per heavy atom. The lowest BCUT2D eigenvalue weighted by atomic mass is 10.0. The van der Waals surface area contributed by atoms with Gasteiger partial charge < -0.3 is 9.84 Å². The SMILES string of the molecule is CCCCCCCCCCCCCc1ccc(Oc2cc(S(=O)(=O)O)ccc2O)cc1. The van der Waals surface area contributed by atoms with Gasteiger partial charge in [-0.1, -0.05) is 83.3 Å². The fourth-order valence-corrected chi connectivity index (χ4v) is 4.08. The molecule has 2 aromatic carbocycles. The van der Waals surface area contributed by atoms with E-state index < -0.39 is 10.1 Å². The fourth-order valence-electron chi connectivity index (χ4n) is 3.58. The van der Waals surface area contributed by atoms with Crippen LogP contribution in [0.3, 0.4) is 0 Å². The number of phenols is 1. The highest BCUT2D eigenvalue weighted by Gasteiger charge is 2.14. The predicted molar refractivity (Wildman–Crippen MR) is 125 cm³/mol. The maximum atomic E-state index is 11.3. The highest BCUT2D eigenvalue weighted by molar-refractivity contribution is 7.85. The Labute approximate surface area is 187 Å². The molecule has 0 fully saturated rings. The average molecular weight is 449 g/mol. The number of hydrogen-bond donors (Lipinski definition) is 2. The van der Waals surface area contributed by atoms with Gasteiger partial charge in [-0.15, -0.1) is 0 Å². The van der Waals surface area contributed by atoms with E-state index in [2.05, 4.69) is 6.92 Å². The normalized spacial score (nSPS) is 11.5. The molecule has 0 radical (unpaired) electrons. The smallest absolute Gasteiger partial charge is 0.294 e. The topological polar surface area (TPSA) is 83.8 Å². The first kappa shape index (κ1) is 25.2. The van der Waals surface area contributed by atoms with E-state index in [1.54, 1.807) is 12.1 Å². The second-order valence-corrected chi connectivity index (χ2v) is 9.56. The van der Waals surface area contributed by atoms with Gasteiger partial charge in [0.15, 0.2) is 11.5 Å². The largest absolute Gasteiger partial charge is 0.504 e. The first-order valence-electron chi connectivity index (χ1n) is 11.5. The molecule has 2 aromatic rings. The van der Waals surface area contributed by atoms with Crippen LogP contribution in [-0.2, 0) is 16.5 Å². The van der Waals surface area contributed by atoms with E-state index in [4.69, 9.17) is 9.29 Å². The third-order valence-corrected chi connectivity index (χ3v) is 6.30. The first-order valence-corrected chi connectivity index (χ1v) is 12.9. The van der Waals surface area contributed by atoms with Gasteiger partial charge in [0, 0.05) is 6.07 Å². The van der Waals surface area contributed by atoms with Crippen molar-refractivity contribution in [3.8, 4) is 17.2 Å². The summed E-state index contributed by atoms with van der Waals surface area (Å²) in [6.07, 6.45) is 15.6. The molecule has 0 amide bonds. The Hall–Kier alpha value is -2.05. The highest BCUT2D eigenvalue weighted by atomic mass is 32.2. The minimum absolute atomic E-state index is 0.0201. The van der Waals surface area contributed by atoms with E-state index in [0.717, 1.165) is 25.0 Å². The van der Waals surface area contributed by atoms with E-state index in [9.17, 15) is 13.5 Å². The van der Waals surface area contributed by atoms with Gasteiger partial charge in [-0.2, -0.15) is 8.42 Å². The maximum absolute atomic E-state index is 11.3. The molecule has 6 heteroatoms.